The average molecular weight is 208 g/mol. The Labute approximate surface area is 92.0 Å². The molecule has 15 heavy (non-hydrogen) atoms. The van der Waals surface area contributed by atoms with Crippen LogP contribution in [-0.4, -0.2) is 47.9 Å². The van der Waals surface area contributed by atoms with Crippen LogP contribution in [0.5, 0.6) is 0 Å². The Kier molecular flexibility index (Phi) is 4.56. The number of carbonyl (C=O) groups excluding carboxylic acids is 1. The second-order valence-electron chi connectivity index (χ2n) is 3.97. The number of hydrogen-bond acceptors (Lipinski definition) is 2. The van der Waals surface area contributed by atoms with Gasteiger partial charge in [0.25, 0.3) is 0 Å². The predicted molar refractivity (Wildman–Crippen MR) is 62.6 cm³/mol. The van der Waals surface area contributed by atoms with E-state index < -0.39 is 0 Å². The first-order chi connectivity index (χ1) is 7.19. The summed E-state index contributed by atoms with van der Waals surface area (Å²) in [6, 6.07) is 0.671. The normalized spacial score (nSPS) is 23.3. The Morgan fingerprint density at radius 1 is 1.47 bits per heavy atom. The van der Waals surface area contributed by atoms with Crippen LogP contribution in [0.2, 0.25) is 0 Å². The molecule has 1 fully saturated rings. The Morgan fingerprint density at radius 2 is 2.00 bits per heavy atom. The van der Waals surface area contributed by atoms with Crippen LogP contribution in [0.15, 0.2) is 25.3 Å². The molecule has 1 aliphatic heterocycles. The first-order valence-electron chi connectivity index (χ1n) is 5.42. The highest BCUT2D eigenvalue weighted by molar-refractivity contribution is 5.76. The van der Waals surface area contributed by atoms with Gasteiger partial charge >= 0.3 is 0 Å². The van der Waals surface area contributed by atoms with Crippen LogP contribution < -0.4 is 0 Å². The zero-order valence-corrected chi connectivity index (χ0v) is 9.48. The zero-order valence-electron chi connectivity index (χ0n) is 9.48. The third-order valence-electron chi connectivity index (χ3n) is 2.65. The van der Waals surface area contributed by atoms with Crippen LogP contribution in [-0.2, 0) is 4.79 Å². The molecule has 0 bridgehead atoms. The lowest BCUT2D eigenvalue weighted by Gasteiger charge is -2.19. The lowest BCUT2D eigenvalue weighted by atomic mass is 10.3. The van der Waals surface area contributed by atoms with E-state index in [1.165, 1.54) is 0 Å². The van der Waals surface area contributed by atoms with E-state index in [1.807, 2.05) is 0 Å². The van der Waals surface area contributed by atoms with Gasteiger partial charge in [0.2, 0.25) is 5.91 Å². The molecule has 3 heteroatoms. The number of amides is 1. The lowest BCUT2D eigenvalue weighted by Crippen LogP contribution is -2.32. The van der Waals surface area contributed by atoms with Gasteiger partial charge in [0.15, 0.2) is 0 Å². The van der Waals surface area contributed by atoms with E-state index in [2.05, 4.69) is 25.0 Å². The van der Waals surface area contributed by atoms with E-state index in [0.29, 0.717) is 25.6 Å². The Morgan fingerprint density at radius 3 is 2.40 bits per heavy atom. The van der Waals surface area contributed by atoms with Gasteiger partial charge in [-0.05, 0) is 6.92 Å². The summed E-state index contributed by atoms with van der Waals surface area (Å²) < 4.78 is 0. The van der Waals surface area contributed by atoms with E-state index in [9.17, 15) is 4.79 Å². The van der Waals surface area contributed by atoms with Gasteiger partial charge in [0.1, 0.15) is 0 Å². The Hall–Kier alpha value is -1.09. The molecule has 0 spiro atoms. The SMILES string of the molecule is C=CCN(CC=C)C(=O)CCN1C[C@H]1C. The fourth-order valence-electron chi connectivity index (χ4n) is 1.59. The maximum Gasteiger partial charge on any atom is 0.224 e. The number of hydrogen-bond donors (Lipinski definition) is 0. The summed E-state index contributed by atoms with van der Waals surface area (Å²) in [5.41, 5.74) is 0. The lowest BCUT2D eigenvalue weighted by molar-refractivity contribution is -0.130. The molecule has 1 amide bonds. The molecular formula is C12H20N2O. The minimum Gasteiger partial charge on any atom is -0.335 e. The van der Waals surface area contributed by atoms with Crippen molar-refractivity contribution >= 4 is 5.91 Å². The molecule has 1 aliphatic rings. The fraction of sp³-hybridized carbons (Fsp3) is 0.583. The second-order valence-corrected chi connectivity index (χ2v) is 3.97. The Balaban J connectivity index is 2.27. The molecule has 1 unspecified atom stereocenters. The topological polar surface area (TPSA) is 23.3 Å². The van der Waals surface area contributed by atoms with E-state index in [-0.39, 0.29) is 5.91 Å². The largest absolute Gasteiger partial charge is 0.335 e. The van der Waals surface area contributed by atoms with Gasteiger partial charge in [0.05, 0.1) is 0 Å². The van der Waals surface area contributed by atoms with Crippen molar-refractivity contribution < 1.29 is 4.79 Å². The summed E-state index contributed by atoms with van der Waals surface area (Å²) in [5.74, 6) is 0.189. The molecule has 0 aliphatic carbocycles. The third-order valence-corrected chi connectivity index (χ3v) is 2.65. The first-order valence-corrected chi connectivity index (χ1v) is 5.42. The summed E-state index contributed by atoms with van der Waals surface area (Å²) in [4.78, 5) is 15.8. The maximum atomic E-state index is 11.8. The summed E-state index contributed by atoms with van der Waals surface area (Å²) in [6.07, 6.45) is 4.11. The number of rotatable bonds is 7. The highest BCUT2D eigenvalue weighted by atomic mass is 16.2. The van der Waals surface area contributed by atoms with Gasteiger partial charge in [-0.1, -0.05) is 12.2 Å². The van der Waals surface area contributed by atoms with E-state index in [1.54, 1.807) is 17.1 Å². The van der Waals surface area contributed by atoms with Crippen molar-refractivity contribution in [1.29, 1.82) is 0 Å². The van der Waals surface area contributed by atoms with Crippen LogP contribution >= 0.6 is 0 Å². The molecule has 0 aromatic heterocycles. The van der Waals surface area contributed by atoms with Gasteiger partial charge in [-0.2, -0.15) is 0 Å². The van der Waals surface area contributed by atoms with Crippen molar-refractivity contribution in [3.63, 3.8) is 0 Å². The third kappa shape index (κ3) is 3.88. The summed E-state index contributed by atoms with van der Waals surface area (Å²) in [7, 11) is 0. The summed E-state index contributed by atoms with van der Waals surface area (Å²) in [5, 5.41) is 0. The van der Waals surface area contributed by atoms with Crippen molar-refractivity contribution in [3.05, 3.63) is 25.3 Å². The summed E-state index contributed by atoms with van der Waals surface area (Å²) >= 11 is 0. The molecule has 2 atom stereocenters. The Bertz CT molecular complexity index is 240. The van der Waals surface area contributed by atoms with Crippen LogP contribution in [0.1, 0.15) is 13.3 Å². The predicted octanol–water partition coefficient (Wildman–Crippen LogP) is 1.28. The molecule has 1 saturated heterocycles. The molecule has 1 rings (SSSR count). The smallest absolute Gasteiger partial charge is 0.224 e. The molecule has 84 valence electrons. The minimum absolute atomic E-state index is 0.189. The first kappa shape index (κ1) is 12.0. The quantitative estimate of drug-likeness (QED) is 0.465. The van der Waals surface area contributed by atoms with Crippen molar-refractivity contribution in [2.45, 2.75) is 19.4 Å². The van der Waals surface area contributed by atoms with Gasteiger partial charge < -0.3 is 4.90 Å². The molecule has 1 heterocycles. The fourth-order valence-corrected chi connectivity index (χ4v) is 1.59. The average Bonchev–Trinajstić information content (AvgIpc) is 2.91. The molecule has 0 aromatic rings. The van der Waals surface area contributed by atoms with E-state index >= 15 is 0 Å². The molecule has 3 nitrogen and oxygen atoms in total. The molecule has 0 aromatic carbocycles. The van der Waals surface area contributed by atoms with Crippen molar-refractivity contribution in [2.75, 3.05) is 26.2 Å². The highest BCUT2D eigenvalue weighted by Gasteiger charge is 2.29. The van der Waals surface area contributed by atoms with E-state index in [4.69, 9.17) is 0 Å². The highest BCUT2D eigenvalue weighted by Crippen LogP contribution is 2.15. The van der Waals surface area contributed by atoms with E-state index in [0.717, 1.165) is 13.1 Å². The van der Waals surface area contributed by atoms with Gasteiger partial charge in [-0.25, -0.2) is 0 Å². The van der Waals surface area contributed by atoms with Crippen molar-refractivity contribution in [2.24, 2.45) is 0 Å². The monoisotopic (exact) mass is 208 g/mol. The van der Waals surface area contributed by atoms with Crippen molar-refractivity contribution in [1.82, 2.24) is 9.80 Å². The molecule has 0 N–H and O–H groups in total. The minimum atomic E-state index is 0.189. The zero-order chi connectivity index (χ0) is 11.3. The number of carbonyl (C=O) groups is 1. The molecule has 0 saturated carbocycles. The number of nitrogens with zero attached hydrogens (tertiary/aromatic N) is 2. The standard InChI is InChI=1S/C12H20N2O/c1-4-7-13(8-5-2)12(15)6-9-14-10-11(14)3/h4-5,11H,1-2,6-10H2,3H3/t11-,14?/m1/s1. The maximum absolute atomic E-state index is 11.8. The van der Waals surface area contributed by atoms with Crippen LogP contribution in [0.3, 0.4) is 0 Å². The van der Waals surface area contributed by atoms with Crippen LogP contribution in [0.25, 0.3) is 0 Å². The molecule has 0 radical (unpaired) electrons. The second kappa shape index (κ2) is 5.71. The van der Waals surface area contributed by atoms with Crippen LogP contribution in [0.4, 0.5) is 0 Å². The van der Waals surface area contributed by atoms with Gasteiger partial charge in [-0.3, -0.25) is 9.69 Å². The molecular weight excluding hydrogens is 188 g/mol. The summed E-state index contributed by atoms with van der Waals surface area (Å²) in [6.45, 7) is 12.7. The van der Waals surface area contributed by atoms with Gasteiger partial charge in [-0.15, -0.1) is 13.2 Å². The van der Waals surface area contributed by atoms with Crippen molar-refractivity contribution in [3.8, 4) is 0 Å². The van der Waals surface area contributed by atoms with Gasteiger partial charge in [0, 0.05) is 38.6 Å². The van der Waals surface area contributed by atoms with Crippen LogP contribution in [0, 0.1) is 0 Å².